The van der Waals surface area contributed by atoms with E-state index >= 15 is 0 Å². The Morgan fingerprint density at radius 3 is 3.00 bits per heavy atom. The minimum atomic E-state index is 0.494. The van der Waals surface area contributed by atoms with E-state index in [1.165, 1.54) is 25.7 Å². The van der Waals surface area contributed by atoms with E-state index in [0.717, 1.165) is 17.3 Å². The van der Waals surface area contributed by atoms with Gasteiger partial charge in [-0.25, -0.2) is 4.68 Å². The number of hydrogen-bond donors (Lipinski definition) is 0. The quantitative estimate of drug-likeness (QED) is 0.580. The Labute approximate surface area is 99.2 Å². The molecule has 0 radical (unpaired) electrons. The van der Waals surface area contributed by atoms with Crippen molar-refractivity contribution in [1.82, 2.24) is 20.2 Å². The van der Waals surface area contributed by atoms with Crippen LogP contribution < -0.4 is 0 Å². The van der Waals surface area contributed by atoms with Crippen molar-refractivity contribution in [1.29, 1.82) is 5.26 Å². The highest BCUT2D eigenvalue weighted by Gasteiger charge is 2.21. The van der Waals surface area contributed by atoms with Crippen LogP contribution in [-0.4, -0.2) is 26.0 Å². The van der Waals surface area contributed by atoms with Gasteiger partial charge in [-0.1, -0.05) is 24.6 Å². The molecule has 0 spiro atoms. The fourth-order valence-corrected chi connectivity index (χ4v) is 2.86. The Morgan fingerprint density at radius 2 is 2.25 bits per heavy atom. The van der Waals surface area contributed by atoms with Crippen LogP contribution in [-0.2, 0) is 0 Å². The number of aromatic nitrogens is 4. The molecule has 0 saturated heterocycles. The molecule has 0 N–H and O–H groups in total. The maximum Gasteiger partial charge on any atom is 0.209 e. The fourth-order valence-electron chi connectivity index (χ4n) is 1.97. The van der Waals surface area contributed by atoms with Crippen molar-refractivity contribution < 1.29 is 0 Å². The van der Waals surface area contributed by atoms with Crippen LogP contribution in [0.1, 0.15) is 44.6 Å². The van der Waals surface area contributed by atoms with Gasteiger partial charge < -0.3 is 0 Å². The zero-order valence-corrected chi connectivity index (χ0v) is 9.99. The molecule has 1 aliphatic carbocycles. The summed E-state index contributed by atoms with van der Waals surface area (Å²) in [7, 11) is 0. The summed E-state index contributed by atoms with van der Waals surface area (Å²) >= 11 is 1.66. The summed E-state index contributed by atoms with van der Waals surface area (Å²) in [5.41, 5.74) is 0. The van der Waals surface area contributed by atoms with Crippen molar-refractivity contribution in [2.75, 3.05) is 5.75 Å². The second-order valence-corrected chi connectivity index (χ2v) is 5.02. The van der Waals surface area contributed by atoms with Crippen LogP contribution in [0, 0.1) is 11.3 Å². The van der Waals surface area contributed by atoms with Crippen LogP contribution >= 0.6 is 11.8 Å². The first-order valence-electron chi connectivity index (χ1n) is 5.69. The first-order chi connectivity index (χ1) is 7.92. The first kappa shape index (κ1) is 11.4. The van der Waals surface area contributed by atoms with E-state index in [1.54, 1.807) is 11.8 Å². The summed E-state index contributed by atoms with van der Waals surface area (Å²) in [4.78, 5) is 0. The number of unbranched alkanes of at least 4 members (excludes halogenated alkanes) is 1. The second-order valence-electron chi connectivity index (χ2n) is 3.95. The molecular formula is C10H15N5S. The maximum absolute atomic E-state index is 8.45. The molecule has 1 heterocycles. The van der Waals surface area contributed by atoms with Gasteiger partial charge in [-0.15, -0.1) is 5.10 Å². The molecule has 1 aromatic heterocycles. The molecule has 1 fully saturated rings. The molecule has 1 aromatic rings. The van der Waals surface area contributed by atoms with Crippen molar-refractivity contribution in [3.8, 4) is 6.07 Å². The predicted molar refractivity (Wildman–Crippen MR) is 60.9 cm³/mol. The lowest BCUT2D eigenvalue weighted by atomic mass is 10.3. The van der Waals surface area contributed by atoms with Crippen LogP contribution in [0.2, 0.25) is 0 Å². The number of nitriles is 1. The highest BCUT2D eigenvalue weighted by atomic mass is 32.2. The highest BCUT2D eigenvalue weighted by Crippen LogP contribution is 2.31. The minimum absolute atomic E-state index is 0.494. The monoisotopic (exact) mass is 237 g/mol. The largest absolute Gasteiger partial charge is 0.217 e. The summed E-state index contributed by atoms with van der Waals surface area (Å²) in [5.74, 6) is 0.917. The molecule has 16 heavy (non-hydrogen) atoms. The number of hydrogen-bond acceptors (Lipinski definition) is 5. The van der Waals surface area contributed by atoms with E-state index in [2.05, 4.69) is 21.6 Å². The average Bonchev–Trinajstić information content (AvgIpc) is 2.94. The summed E-state index contributed by atoms with van der Waals surface area (Å²) in [6.45, 7) is 0. The molecule has 0 unspecified atom stereocenters. The van der Waals surface area contributed by atoms with Crippen molar-refractivity contribution in [2.24, 2.45) is 0 Å². The average molecular weight is 237 g/mol. The topological polar surface area (TPSA) is 67.4 Å². The molecule has 2 rings (SSSR count). The van der Waals surface area contributed by atoms with Crippen molar-refractivity contribution in [3.63, 3.8) is 0 Å². The molecule has 86 valence electrons. The molecular weight excluding hydrogens is 222 g/mol. The summed E-state index contributed by atoms with van der Waals surface area (Å²) < 4.78 is 1.96. The molecule has 0 atom stereocenters. The second kappa shape index (κ2) is 5.85. The minimum Gasteiger partial charge on any atom is -0.217 e. The summed E-state index contributed by atoms with van der Waals surface area (Å²) in [6, 6.07) is 2.64. The van der Waals surface area contributed by atoms with Crippen molar-refractivity contribution in [3.05, 3.63) is 0 Å². The number of rotatable bonds is 5. The lowest BCUT2D eigenvalue weighted by Gasteiger charge is -2.10. The van der Waals surface area contributed by atoms with Gasteiger partial charge >= 0.3 is 0 Å². The van der Waals surface area contributed by atoms with E-state index < -0.39 is 0 Å². The molecule has 0 amide bonds. The first-order valence-corrected chi connectivity index (χ1v) is 6.68. The van der Waals surface area contributed by atoms with Gasteiger partial charge in [0.25, 0.3) is 0 Å². The van der Waals surface area contributed by atoms with Gasteiger partial charge in [-0.3, -0.25) is 0 Å². The van der Waals surface area contributed by atoms with E-state index in [9.17, 15) is 0 Å². The van der Waals surface area contributed by atoms with Crippen LogP contribution in [0.5, 0.6) is 0 Å². The third kappa shape index (κ3) is 2.73. The van der Waals surface area contributed by atoms with Gasteiger partial charge in [0.2, 0.25) is 5.16 Å². The third-order valence-electron chi connectivity index (χ3n) is 2.80. The zero-order valence-electron chi connectivity index (χ0n) is 9.17. The molecule has 5 nitrogen and oxygen atoms in total. The number of thioether (sulfide) groups is 1. The van der Waals surface area contributed by atoms with E-state index in [-0.39, 0.29) is 0 Å². The molecule has 1 saturated carbocycles. The zero-order chi connectivity index (χ0) is 11.2. The van der Waals surface area contributed by atoms with E-state index in [0.29, 0.717) is 12.5 Å². The van der Waals surface area contributed by atoms with Gasteiger partial charge in [0.15, 0.2) is 0 Å². The van der Waals surface area contributed by atoms with Crippen LogP contribution in [0.25, 0.3) is 0 Å². The van der Waals surface area contributed by atoms with Gasteiger partial charge in [-0.2, -0.15) is 5.26 Å². The molecule has 0 bridgehead atoms. The van der Waals surface area contributed by atoms with E-state index in [4.69, 9.17) is 5.26 Å². The Kier molecular flexibility index (Phi) is 4.17. The smallest absolute Gasteiger partial charge is 0.209 e. The van der Waals surface area contributed by atoms with E-state index in [1.807, 2.05) is 4.68 Å². The third-order valence-corrected chi connectivity index (χ3v) is 3.82. The van der Waals surface area contributed by atoms with Crippen LogP contribution in [0.3, 0.4) is 0 Å². The normalized spacial score (nSPS) is 16.4. The lowest BCUT2D eigenvalue weighted by Crippen LogP contribution is -2.08. The van der Waals surface area contributed by atoms with Gasteiger partial charge in [0.05, 0.1) is 12.1 Å². The number of tetrazole rings is 1. The molecule has 1 aliphatic rings. The lowest BCUT2D eigenvalue weighted by molar-refractivity contribution is 0.423. The van der Waals surface area contributed by atoms with Gasteiger partial charge in [-0.05, 0) is 29.7 Å². The highest BCUT2D eigenvalue weighted by molar-refractivity contribution is 7.99. The summed E-state index contributed by atoms with van der Waals surface area (Å²) in [5, 5.41) is 21.2. The van der Waals surface area contributed by atoms with Gasteiger partial charge in [0.1, 0.15) is 0 Å². The predicted octanol–water partition coefficient (Wildman–Crippen LogP) is 2.18. The Hall–Kier alpha value is -1.09. The standard InChI is InChI=1S/C10H15N5S/c11-7-3-4-8-16-10-12-13-14-15(10)9-5-1-2-6-9/h9H,1-6,8H2. The van der Waals surface area contributed by atoms with Gasteiger partial charge in [0, 0.05) is 12.2 Å². The Morgan fingerprint density at radius 1 is 1.44 bits per heavy atom. The van der Waals surface area contributed by atoms with Crippen LogP contribution in [0.15, 0.2) is 5.16 Å². The molecule has 0 aromatic carbocycles. The molecule has 6 heteroatoms. The van der Waals surface area contributed by atoms with Crippen LogP contribution in [0.4, 0.5) is 0 Å². The molecule has 0 aliphatic heterocycles. The Bertz CT molecular complexity index is 364. The number of nitrogens with zero attached hydrogens (tertiary/aromatic N) is 5. The van der Waals surface area contributed by atoms with Crippen molar-refractivity contribution in [2.45, 2.75) is 49.7 Å². The Balaban J connectivity index is 1.89. The van der Waals surface area contributed by atoms with Crippen molar-refractivity contribution >= 4 is 11.8 Å². The summed E-state index contributed by atoms with van der Waals surface area (Å²) in [6.07, 6.45) is 6.45. The fraction of sp³-hybridized carbons (Fsp3) is 0.800. The maximum atomic E-state index is 8.45. The SMILES string of the molecule is N#CCCCSc1nnnn1C1CCCC1.